The second-order valence-corrected chi connectivity index (χ2v) is 6.06. The lowest BCUT2D eigenvalue weighted by atomic mass is 10.1. The van der Waals surface area contributed by atoms with Gasteiger partial charge in [-0.15, -0.1) is 11.3 Å². The van der Waals surface area contributed by atoms with Crippen molar-refractivity contribution >= 4 is 17.2 Å². The van der Waals surface area contributed by atoms with Crippen LogP contribution in [0, 0.1) is 12.8 Å². The molecule has 1 amide bonds. The van der Waals surface area contributed by atoms with Gasteiger partial charge in [-0.1, -0.05) is 0 Å². The standard InChI is InChI=1S/C13H20N2OS/c1-10-2-3-12(17-10)8-13(16)15-7-5-11-4-6-14-9-11/h2-3,11,14H,4-9H2,1H3,(H,15,16). The fourth-order valence-corrected chi connectivity index (χ4v) is 3.07. The van der Waals surface area contributed by atoms with Crippen molar-refractivity contribution in [3.63, 3.8) is 0 Å². The van der Waals surface area contributed by atoms with Crippen molar-refractivity contribution < 1.29 is 4.79 Å². The van der Waals surface area contributed by atoms with Gasteiger partial charge in [-0.2, -0.15) is 0 Å². The van der Waals surface area contributed by atoms with Gasteiger partial charge >= 0.3 is 0 Å². The minimum Gasteiger partial charge on any atom is -0.356 e. The average molecular weight is 252 g/mol. The molecule has 17 heavy (non-hydrogen) atoms. The fraction of sp³-hybridized carbons (Fsp3) is 0.615. The summed E-state index contributed by atoms with van der Waals surface area (Å²) in [6, 6.07) is 4.11. The Morgan fingerprint density at radius 1 is 1.59 bits per heavy atom. The molecule has 0 aromatic carbocycles. The van der Waals surface area contributed by atoms with Crippen molar-refractivity contribution in [2.45, 2.75) is 26.2 Å². The van der Waals surface area contributed by atoms with Crippen LogP contribution in [-0.2, 0) is 11.2 Å². The molecule has 2 N–H and O–H groups in total. The summed E-state index contributed by atoms with van der Waals surface area (Å²) in [5.41, 5.74) is 0. The highest BCUT2D eigenvalue weighted by Crippen LogP contribution is 2.15. The third-order valence-electron chi connectivity index (χ3n) is 3.17. The molecule has 0 saturated carbocycles. The van der Waals surface area contributed by atoms with Gasteiger partial charge in [0.25, 0.3) is 0 Å². The minimum absolute atomic E-state index is 0.151. The first-order valence-corrected chi connectivity index (χ1v) is 7.08. The number of hydrogen-bond acceptors (Lipinski definition) is 3. The Balaban J connectivity index is 1.63. The summed E-state index contributed by atoms with van der Waals surface area (Å²) in [5.74, 6) is 0.900. The van der Waals surface area contributed by atoms with Crippen molar-refractivity contribution in [3.8, 4) is 0 Å². The SMILES string of the molecule is Cc1ccc(CC(=O)NCCC2CCNC2)s1. The number of rotatable bonds is 5. The first kappa shape index (κ1) is 12.6. The first-order chi connectivity index (χ1) is 8.24. The molecule has 1 aromatic rings. The highest BCUT2D eigenvalue weighted by atomic mass is 32.1. The summed E-state index contributed by atoms with van der Waals surface area (Å²) in [6.45, 7) is 5.13. The van der Waals surface area contributed by atoms with Crippen LogP contribution >= 0.6 is 11.3 Å². The zero-order valence-corrected chi connectivity index (χ0v) is 11.1. The van der Waals surface area contributed by atoms with E-state index in [0.717, 1.165) is 36.9 Å². The predicted molar refractivity (Wildman–Crippen MR) is 71.4 cm³/mol. The normalized spacial score (nSPS) is 19.5. The molecule has 2 rings (SSSR count). The van der Waals surface area contributed by atoms with E-state index in [1.54, 1.807) is 11.3 Å². The Labute approximate surface area is 107 Å². The lowest BCUT2D eigenvalue weighted by molar-refractivity contribution is -0.120. The zero-order valence-electron chi connectivity index (χ0n) is 10.3. The van der Waals surface area contributed by atoms with Crippen LogP contribution < -0.4 is 10.6 Å². The van der Waals surface area contributed by atoms with Crippen molar-refractivity contribution in [2.24, 2.45) is 5.92 Å². The van der Waals surface area contributed by atoms with Gasteiger partial charge in [-0.05, 0) is 50.9 Å². The number of aryl methyl sites for hydroxylation is 1. The second-order valence-electron chi connectivity index (χ2n) is 4.69. The number of nitrogens with one attached hydrogen (secondary N) is 2. The summed E-state index contributed by atoms with van der Waals surface area (Å²) in [6.07, 6.45) is 2.88. The highest BCUT2D eigenvalue weighted by molar-refractivity contribution is 7.12. The number of thiophene rings is 1. The Bertz CT molecular complexity index is 369. The van der Waals surface area contributed by atoms with E-state index in [9.17, 15) is 4.79 Å². The van der Waals surface area contributed by atoms with Crippen molar-refractivity contribution in [1.29, 1.82) is 0 Å². The van der Waals surface area contributed by atoms with Crippen LogP contribution in [0.4, 0.5) is 0 Å². The summed E-state index contributed by atoms with van der Waals surface area (Å²) in [5, 5.41) is 6.35. The molecule has 4 heteroatoms. The molecule has 0 aliphatic carbocycles. The van der Waals surface area contributed by atoms with E-state index in [2.05, 4.69) is 23.6 Å². The topological polar surface area (TPSA) is 41.1 Å². The molecule has 1 aliphatic rings. The zero-order chi connectivity index (χ0) is 12.1. The Morgan fingerprint density at radius 2 is 2.47 bits per heavy atom. The van der Waals surface area contributed by atoms with Crippen LogP contribution in [0.2, 0.25) is 0 Å². The van der Waals surface area contributed by atoms with Crippen LogP contribution in [0.25, 0.3) is 0 Å². The van der Waals surface area contributed by atoms with Crippen LogP contribution in [0.1, 0.15) is 22.6 Å². The third kappa shape index (κ3) is 4.13. The monoisotopic (exact) mass is 252 g/mol. The summed E-state index contributed by atoms with van der Waals surface area (Å²) in [7, 11) is 0. The fourth-order valence-electron chi connectivity index (χ4n) is 2.18. The number of amides is 1. The van der Waals surface area contributed by atoms with Gasteiger partial charge in [0.1, 0.15) is 0 Å². The molecular formula is C13H20N2OS. The smallest absolute Gasteiger partial charge is 0.225 e. The van der Waals surface area contributed by atoms with Gasteiger partial charge in [0, 0.05) is 16.3 Å². The number of carbonyl (C=O) groups excluding carboxylic acids is 1. The molecule has 1 aliphatic heterocycles. The lowest BCUT2D eigenvalue weighted by Gasteiger charge is -2.08. The predicted octanol–water partition coefficient (Wildman–Crippen LogP) is 1.71. The molecule has 1 unspecified atom stereocenters. The summed E-state index contributed by atoms with van der Waals surface area (Å²) >= 11 is 1.70. The lowest BCUT2D eigenvalue weighted by Crippen LogP contribution is -2.27. The summed E-state index contributed by atoms with van der Waals surface area (Å²) in [4.78, 5) is 14.1. The van der Waals surface area contributed by atoms with Crippen LogP contribution in [-0.4, -0.2) is 25.5 Å². The van der Waals surface area contributed by atoms with Crippen molar-refractivity contribution in [2.75, 3.05) is 19.6 Å². The maximum absolute atomic E-state index is 11.7. The highest BCUT2D eigenvalue weighted by Gasteiger charge is 2.14. The molecular weight excluding hydrogens is 232 g/mol. The first-order valence-electron chi connectivity index (χ1n) is 6.27. The van der Waals surface area contributed by atoms with Gasteiger partial charge in [-0.3, -0.25) is 4.79 Å². The maximum atomic E-state index is 11.7. The van der Waals surface area contributed by atoms with E-state index < -0.39 is 0 Å². The van der Waals surface area contributed by atoms with E-state index >= 15 is 0 Å². The van der Waals surface area contributed by atoms with Gasteiger partial charge in [0.05, 0.1) is 6.42 Å². The van der Waals surface area contributed by atoms with Gasteiger partial charge in [0.2, 0.25) is 5.91 Å². The van der Waals surface area contributed by atoms with Gasteiger partial charge < -0.3 is 10.6 Å². The molecule has 1 fully saturated rings. The molecule has 1 saturated heterocycles. The number of hydrogen-bond donors (Lipinski definition) is 2. The van der Waals surface area contributed by atoms with E-state index in [1.807, 2.05) is 6.07 Å². The number of carbonyl (C=O) groups is 1. The Morgan fingerprint density at radius 3 is 3.12 bits per heavy atom. The van der Waals surface area contributed by atoms with Crippen molar-refractivity contribution in [1.82, 2.24) is 10.6 Å². The van der Waals surface area contributed by atoms with Gasteiger partial charge in [-0.25, -0.2) is 0 Å². The molecule has 2 heterocycles. The molecule has 0 spiro atoms. The molecule has 94 valence electrons. The maximum Gasteiger partial charge on any atom is 0.225 e. The summed E-state index contributed by atoms with van der Waals surface area (Å²) < 4.78 is 0. The molecule has 1 aromatic heterocycles. The average Bonchev–Trinajstić information content (AvgIpc) is 2.90. The van der Waals surface area contributed by atoms with E-state index in [1.165, 1.54) is 11.3 Å². The van der Waals surface area contributed by atoms with Crippen molar-refractivity contribution in [3.05, 3.63) is 21.9 Å². The van der Waals surface area contributed by atoms with E-state index in [-0.39, 0.29) is 5.91 Å². The largest absolute Gasteiger partial charge is 0.356 e. The molecule has 3 nitrogen and oxygen atoms in total. The minimum atomic E-state index is 0.151. The van der Waals surface area contributed by atoms with Crippen LogP contribution in [0.3, 0.4) is 0 Å². The molecule has 1 atom stereocenters. The Kier molecular flexibility index (Phi) is 4.57. The van der Waals surface area contributed by atoms with E-state index in [4.69, 9.17) is 0 Å². The molecule has 0 radical (unpaired) electrons. The quantitative estimate of drug-likeness (QED) is 0.837. The van der Waals surface area contributed by atoms with E-state index in [0.29, 0.717) is 6.42 Å². The third-order valence-corrected chi connectivity index (χ3v) is 4.17. The molecule has 0 bridgehead atoms. The van der Waals surface area contributed by atoms with Crippen LogP contribution in [0.15, 0.2) is 12.1 Å². The Hall–Kier alpha value is -0.870. The van der Waals surface area contributed by atoms with Crippen LogP contribution in [0.5, 0.6) is 0 Å². The second kappa shape index (κ2) is 6.17. The van der Waals surface area contributed by atoms with Gasteiger partial charge in [0.15, 0.2) is 0 Å².